The molecule has 0 aliphatic heterocycles. The average Bonchev–Trinajstić information content (AvgIpc) is 2.75. The van der Waals surface area contributed by atoms with Crippen LogP contribution in [0.2, 0.25) is 0 Å². The van der Waals surface area contributed by atoms with Gasteiger partial charge in [-0.05, 0) is 24.3 Å². The molecular formula is C14H15NO2S2. The number of thiophene rings is 1. The van der Waals surface area contributed by atoms with Crippen molar-refractivity contribution in [2.75, 3.05) is 12.0 Å². The summed E-state index contributed by atoms with van der Waals surface area (Å²) in [6.45, 7) is 2.00. The number of carboxylic acids is 1. The Morgan fingerprint density at radius 2 is 2.11 bits per heavy atom. The lowest BCUT2D eigenvalue weighted by Crippen LogP contribution is -1.99. The van der Waals surface area contributed by atoms with Crippen LogP contribution in [-0.4, -0.2) is 17.3 Å². The van der Waals surface area contributed by atoms with Gasteiger partial charge in [-0.2, -0.15) is 0 Å². The Kier molecular flexibility index (Phi) is 4.17. The van der Waals surface area contributed by atoms with Crippen LogP contribution in [0.25, 0.3) is 10.4 Å². The highest BCUT2D eigenvalue weighted by atomic mass is 32.2. The van der Waals surface area contributed by atoms with Gasteiger partial charge in [0.1, 0.15) is 4.88 Å². The summed E-state index contributed by atoms with van der Waals surface area (Å²) < 4.78 is 0. The summed E-state index contributed by atoms with van der Waals surface area (Å²) in [4.78, 5) is 13.6. The Hall–Kier alpha value is -1.46. The third kappa shape index (κ3) is 2.48. The van der Waals surface area contributed by atoms with Crippen molar-refractivity contribution in [1.29, 1.82) is 0 Å². The first-order valence-corrected chi connectivity index (χ1v) is 7.92. The lowest BCUT2D eigenvalue weighted by Gasteiger charge is -2.07. The smallest absolute Gasteiger partial charge is 0.348 e. The third-order valence-electron chi connectivity index (χ3n) is 2.95. The fourth-order valence-corrected chi connectivity index (χ4v) is 3.90. The molecule has 0 saturated heterocycles. The van der Waals surface area contributed by atoms with Gasteiger partial charge in [0.25, 0.3) is 0 Å². The van der Waals surface area contributed by atoms with Crippen molar-refractivity contribution in [3.8, 4) is 10.4 Å². The zero-order valence-corrected chi connectivity index (χ0v) is 12.4. The van der Waals surface area contributed by atoms with E-state index < -0.39 is 5.97 Å². The van der Waals surface area contributed by atoms with Crippen LogP contribution in [0.1, 0.15) is 22.2 Å². The topological polar surface area (TPSA) is 63.3 Å². The van der Waals surface area contributed by atoms with Crippen molar-refractivity contribution in [3.05, 3.63) is 34.7 Å². The van der Waals surface area contributed by atoms with E-state index in [1.165, 1.54) is 11.3 Å². The van der Waals surface area contributed by atoms with Crippen LogP contribution in [0, 0.1) is 0 Å². The van der Waals surface area contributed by atoms with Gasteiger partial charge in [-0.15, -0.1) is 23.1 Å². The third-order valence-corrected chi connectivity index (χ3v) is 5.01. The van der Waals surface area contributed by atoms with Crippen molar-refractivity contribution in [2.24, 2.45) is 0 Å². The molecule has 2 aromatic rings. The molecule has 0 aliphatic carbocycles. The van der Waals surface area contributed by atoms with Crippen molar-refractivity contribution in [3.63, 3.8) is 0 Å². The van der Waals surface area contributed by atoms with Crippen LogP contribution >= 0.6 is 23.1 Å². The number of carbonyl (C=O) groups is 1. The summed E-state index contributed by atoms with van der Waals surface area (Å²) in [5.41, 5.74) is 8.38. The van der Waals surface area contributed by atoms with Gasteiger partial charge in [-0.1, -0.05) is 25.1 Å². The summed E-state index contributed by atoms with van der Waals surface area (Å²) >= 11 is 2.91. The highest BCUT2D eigenvalue weighted by molar-refractivity contribution is 7.98. The Balaban J connectivity index is 2.68. The van der Waals surface area contributed by atoms with E-state index in [4.69, 9.17) is 5.73 Å². The van der Waals surface area contributed by atoms with Gasteiger partial charge in [-0.25, -0.2) is 4.79 Å². The molecule has 3 N–H and O–H groups in total. The predicted molar refractivity (Wildman–Crippen MR) is 82.3 cm³/mol. The molecule has 2 rings (SSSR count). The Morgan fingerprint density at radius 3 is 2.68 bits per heavy atom. The molecule has 1 aromatic carbocycles. The number of benzene rings is 1. The molecule has 0 unspecified atom stereocenters. The molecule has 0 atom stereocenters. The van der Waals surface area contributed by atoms with E-state index in [-0.39, 0.29) is 4.88 Å². The maximum atomic E-state index is 11.2. The summed E-state index contributed by atoms with van der Waals surface area (Å²) in [7, 11) is 0. The SMILES string of the molecule is CCc1c(-c2ccccc2SC)sc(C(=O)O)c1N. The molecule has 0 saturated carbocycles. The second-order valence-electron chi connectivity index (χ2n) is 4.01. The second-order valence-corrected chi connectivity index (χ2v) is 5.88. The number of nitrogens with two attached hydrogens (primary N) is 1. The molecule has 1 heterocycles. The van der Waals surface area contributed by atoms with Gasteiger partial charge in [-0.3, -0.25) is 0 Å². The fourth-order valence-electron chi connectivity index (χ4n) is 2.04. The first kappa shape index (κ1) is 14.0. The van der Waals surface area contributed by atoms with Crippen LogP contribution in [0.15, 0.2) is 29.2 Å². The molecule has 0 amide bonds. The van der Waals surface area contributed by atoms with Gasteiger partial charge in [0.2, 0.25) is 0 Å². The van der Waals surface area contributed by atoms with Gasteiger partial charge < -0.3 is 10.8 Å². The Labute approximate surface area is 120 Å². The van der Waals surface area contributed by atoms with E-state index >= 15 is 0 Å². The van der Waals surface area contributed by atoms with Crippen LogP contribution in [-0.2, 0) is 6.42 Å². The minimum absolute atomic E-state index is 0.239. The molecule has 5 heteroatoms. The summed E-state index contributed by atoms with van der Waals surface area (Å²) in [6, 6.07) is 8.00. The van der Waals surface area contributed by atoms with Crippen LogP contribution in [0.3, 0.4) is 0 Å². The van der Waals surface area contributed by atoms with E-state index in [9.17, 15) is 9.90 Å². The molecule has 3 nitrogen and oxygen atoms in total. The summed E-state index contributed by atoms with van der Waals surface area (Å²) in [6.07, 6.45) is 2.74. The number of rotatable bonds is 4. The average molecular weight is 293 g/mol. The van der Waals surface area contributed by atoms with Crippen molar-refractivity contribution in [1.82, 2.24) is 0 Å². The largest absolute Gasteiger partial charge is 0.477 e. The highest BCUT2D eigenvalue weighted by Gasteiger charge is 2.21. The van der Waals surface area contributed by atoms with Gasteiger partial charge in [0, 0.05) is 15.3 Å². The predicted octanol–water partition coefficient (Wildman–Crippen LogP) is 3.98. The second kappa shape index (κ2) is 5.67. The zero-order chi connectivity index (χ0) is 14.0. The fraction of sp³-hybridized carbons (Fsp3) is 0.214. The molecular weight excluding hydrogens is 278 g/mol. The maximum Gasteiger partial charge on any atom is 0.348 e. The number of hydrogen-bond donors (Lipinski definition) is 2. The van der Waals surface area contributed by atoms with Crippen LogP contribution in [0.4, 0.5) is 5.69 Å². The Bertz CT molecular complexity index is 620. The Morgan fingerprint density at radius 1 is 1.42 bits per heavy atom. The molecule has 0 radical (unpaired) electrons. The number of thioether (sulfide) groups is 1. The normalized spacial score (nSPS) is 10.6. The molecule has 0 bridgehead atoms. The van der Waals surface area contributed by atoms with Crippen LogP contribution in [0.5, 0.6) is 0 Å². The number of hydrogen-bond acceptors (Lipinski definition) is 4. The molecule has 0 fully saturated rings. The summed E-state index contributed by atoms with van der Waals surface area (Å²) in [5.74, 6) is -0.954. The molecule has 100 valence electrons. The maximum absolute atomic E-state index is 11.2. The van der Waals surface area contributed by atoms with Crippen molar-refractivity contribution < 1.29 is 9.90 Å². The first-order chi connectivity index (χ1) is 9.10. The first-order valence-electron chi connectivity index (χ1n) is 5.88. The number of carboxylic acid groups (broad SMARTS) is 1. The van der Waals surface area contributed by atoms with E-state index in [1.807, 2.05) is 37.4 Å². The van der Waals surface area contributed by atoms with Gasteiger partial charge in [0.05, 0.1) is 5.69 Å². The number of aromatic carboxylic acids is 1. The van der Waals surface area contributed by atoms with Gasteiger partial charge >= 0.3 is 5.97 Å². The molecule has 1 aromatic heterocycles. The monoisotopic (exact) mass is 293 g/mol. The molecule has 0 spiro atoms. The van der Waals surface area contributed by atoms with Crippen molar-refractivity contribution >= 4 is 34.8 Å². The number of nitrogen functional groups attached to an aromatic ring is 1. The molecule has 19 heavy (non-hydrogen) atoms. The van der Waals surface area contributed by atoms with E-state index in [2.05, 4.69) is 0 Å². The minimum atomic E-state index is -0.954. The quantitative estimate of drug-likeness (QED) is 0.837. The minimum Gasteiger partial charge on any atom is -0.477 e. The van der Waals surface area contributed by atoms with Crippen LogP contribution < -0.4 is 5.73 Å². The standard InChI is InChI=1S/C14H15NO2S2/c1-3-8-11(15)13(14(16)17)19-12(8)9-6-4-5-7-10(9)18-2/h4-7H,3,15H2,1-2H3,(H,16,17). The van der Waals surface area contributed by atoms with E-state index in [0.29, 0.717) is 5.69 Å². The lowest BCUT2D eigenvalue weighted by molar-refractivity contribution is 0.0703. The summed E-state index contributed by atoms with van der Waals surface area (Å²) in [5, 5.41) is 9.20. The van der Waals surface area contributed by atoms with E-state index in [1.54, 1.807) is 11.8 Å². The van der Waals surface area contributed by atoms with Crippen molar-refractivity contribution in [2.45, 2.75) is 18.2 Å². The zero-order valence-electron chi connectivity index (χ0n) is 10.8. The molecule has 0 aliphatic rings. The van der Waals surface area contributed by atoms with Gasteiger partial charge in [0.15, 0.2) is 0 Å². The van der Waals surface area contributed by atoms with E-state index in [0.717, 1.165) is 27.3 Å². The number of anilines is 1. The highest BCUT2D eigenvalue weighted by Crippen LogP contribution is 2.42. The lowest BCUT2D eigenvalue weighted by atomic mass is 10.1.